The third kappa shape index (κ3) is 3.15. The Morgan fingerprint density at radius 3 is 2.26 bits per heavy atom. The second-order valence-electron chi connectivity index (χ2n) is 6.77. The largest absolute Gasteiger partial charge is 0.465 e. The van der Waals surface area contributed by atoms with E-state index in [0.29, 0.717) is 5.56 Å². The minimum atomic E-state index is -3.85. The van der Waals surface area contributed by atoms with Crippen LogP contribution in [0.4, 0.5) is 4.39 Å². The second-order valence-corrected chi connectivity index (χ2v) is 8.84. The Kier molecular flexibility index (Phi) is 5.10. The normalized spacial score (nSPS) is 24.4. The predicted octanol–water partition coefficient (Wildman–Crippen LogP) is 2.58. The van der Waals surface area contributed by atoms with Gasteiger partial charge in [-0.2, -0.15) is 0 Å². The van der Waals surface area contributed by atoms with Gasteiger partial charge in [0.1, 0.15) is 11.2 Å². The average molecular weight is 391 g/mol. The van der Waals surface area contributed by atoms with E-state index in [2.05, 4.69) is 0 Å². The molecule has 1 saturated carbocycles. The van der Waals surface area contributed by atoms with Crippen molar-refractivity contribution in [2.45, 2.75) is 29.9 Å². The van der Waals surface area contributed by atoms with Crippen LogP contribution in [-0.2, 0) is 19.4 Å². The van der Waals surface area contributed by atoms with Gasteiger partial charge in [0.15, 0.2) is 9.84 Å². The molecule has 1 aliphatic carbocycles. The Hall–Kier alpha value is -2.25. The summed E-state index contributed by atoms with van der Waals surface area (Å²) in [6, 6.07) is 11.9. The van der Waals surface area contributed by atoms with Crippen molar-refractivity contribution in [2.24, 2.45) is 11.1 Å². The highest BCUT2D eigenvalue weighted by Crippen LogP contribution is 2.64. The molecule has 0 unspecified atom stereocenters. The molecule has 0 amide bonds. The highest BCUT2D eigenvalue weighted by molar-refractivity contribution is 7.92. The number of aryl methyl sites for hydroxylation is 1. The first-order chi connectivity index (χ1) is 12.8. The van der Waals surface area contributed by atoms with Crippen molar-refractivity contribution >= 4 is 15.8 Å². The molecule has 7 heteroatoms. The molecule has 3 atom stereocenters. The Balaban J connectivity index is 2.10. The van der Waals surface area contributed by atoms with Crippen LogP contribution in [0.25, 0.3) is 0 Å². The lowest BCUT2D eigenvalue weighted by molar-refractivity contribution is -0.149. The lowest BCUT2D eigenvalue weighted by Crippen LogP contribution is -2.33. The van der Waals surface area contributed by atoms with Gasteiger partial charge in [0.25, 0.3) is 0 Å². The van der Waals surface area contributed by atoms with E-state index >= 15 is 0 Å². The van der Waals surface area contributed by atoms with Crippen molar-refractivity contribution in [1.82, 2.24) is 0 Å². The van der Waals surface area contributed by atoms with Crippen LogP contribution in [0.5, 0.6) is 0 Å². The quantitative estimate of drug-likeness (QED) is 0.765. The molecule has 0 bridgehead atoms. The zero-order valence-corrected chi connectivity index (χ0v) is 16.0. The number of esters is 1. The first-order valence-electron chi connectivity index (χ1n) is 8.72. The summed E-state index contributed by atoms with van der Waals surface area (Å²) in [6.07, 6.45) is 0. The van der Waals surface area contributed by atoms with Crippen LogP contribution in [0.1, 0.15) is 24.0 Å². The minimum absolute atomic E-state index is 0.119. The number of hydrogen-bond donors (Lipinski definition) is 1. The van der Waals surface area contributed by atoms with E-state index in [-0.39, 0.29) is 18.0 Å². The molecule has 0 heterocycles. The molecule has 3 rings (SSSR count). The van der Waals surface area contributed by atoms with E-state index in [1.165, 1.54) is 36.4 Å². The Morgan fingerprint density at radius 2 is 1.74 bits per heavy atom. The molecular formula is C20H22FNO4S. The molecule has 0 aromatic heterocycles. The molecule has 2 aromatic rings. The molecule has 5 nitrogen and oxygen atoms in total. The van der Waals surface area contributed by atoms with Crippen molar-refractivity contribution in [1.29, 1.82) is 0 Å². The number of rotatable bonds is 6. The molecule has 2 aromatic carbocycles. The fourth-order valence-electron chi connectivity index (χ4n) is 3.71. The highest BCUT2D eigenvalue weighted by atomic mass is 32.2. The smallest absolute Gasteiger partial charge is 0.315 e. The maximum atomic E-state index is 13.3. The van der Waals surface area contributed by atoms with E-state index in [9.17, 15) is 17.6 Å². The summed E-state index contributed by atoms with van der Waals surface area (Å²) >= 11 is 0. The van der Waals surface area contributed by atoms with Crippen LogP contribution in [0.2, 0.25) is 0 Å². The lowest BCUT2D eigenvalue weighted by Gasteiger charge is -2.14. The van der Waals surface area contributed by atoms with E-state index in [1.54, 1.807) is 19.1 Å². The molecule has 1 aliphatic rings. The Morgan fingerprint density at radius 1 is 1.15 bits per heavy atom. The zero-order chi connectivity index (χ0) is 19.8. The van der Waals surface area contributed by atoms with Crippen molar-refractivity contribution in [3.63, 3.8) is 0 Å². The summed E-state index contributed by atoms with van der Waals surface area (Å²) in [6.45, 7) is 3.45. The van der Waals surface area contributed by atoms with Crippen molar-refractivity contribution < 1.29 is 22.3 Å². The molecule has 144 valence electrons. The third-order valence-electron chi connectivity index (χ3n) is 5.16. The maximum absolute atomic E-state index is 13.3. The summed E-state index contributed by atoms with van der Waals surface area (Å²) in [5.74, 6) is -1.76. The number of halogens is 1. The number of sulfone groups is 1. The van der Waals surface area contributed by atoms with E-state index in [1.807, 2.05) is 6.92 Å². The lowest BCUT2D eigenvalue weighted by atomic mass is 9.99. The zero-order valence-electron chi connectivity index (χ0n) is 15.2. The van der Waals surface area contributed by atoms with Gasteiger partial charge in [-0.05, 0) is 43.7 Å². The van der Waals surface area contributed by atoms with Gasteiger partial charge < -0.3 is 10.5 Å². The summed E-state index contributed by atoms with van der Waals surface area (Å²) in [5, 5.41) is -1.05. The number of benzene rings is 2. The minimum Gasteiger partial charge on any atom is -0.465 e. The average Bonchev–Trinajstić information content (AvgIpc) is 3.34. The standard InChI is InChI=1S/C20H22FNO4S/c1-3-26-19(23)20(12-22)17(14-6-8-15(21)9-7-14)18(20)27(24,25)16-10-4-13(2)5-11-16/h4-11,17-18H,3,12,22H2,1-2H3/t17-,18-,20+/m0/s1. The Bertz CT molecular complexity index is 941. The van der Waals surface area contributed by atoms with Crippen LogP contribution >= 0.6 is 0 Å². The molecule has 2 N–H and O–H groups in total. The molecule has 0 saturated heterocycles. The van der Waals surface area contributed by atoms with Crippen molar-refractivity contribution in [3.05, 3.63) is 65.5 Å². The first kappa shape index (κ1) is 19.5. The third-order valence-corrected chi connectivity index (χ3v) is 7.45. The monoisotopic (exact) mass is 391 g/mol. The van der Waals surface area contributed by atoms with Crippen LogP contribution < -0.4 is 5.73 Å². The summed E-state index contributed by atoms with van der Waals surface area (Å²) in [7, 11) is -3.85. The fraction of sp³-hybridized carbons (Fsp3) is 0.350. The highest BCUT2D eigenvalue weighted by Gasteiger charge is 2.75. The first-order valence-corrected chi connectivity index (χ1v) is 10.3. The van der Waals surface area contributed by atoms with Crippen molar-refractivity contribution in [2.75, 3.05) is 13.2 Å². The molecular weight excluding hydrogens is 369 g/mol. The number of ether oxygens (including phenoxy) is 1. The summed E-state index contributed by atoms with van der Waals surface area (Å²) in [4.78, 5) is 12.8. The SMILES string of the molecule is CCOC(=O)[C@]1(CN)[C@@H](c2ccc(F)cc2)[C@@H]1S(=O)(=O)c1ccc(C)cc1. The van der Waals surface area contributed by atoms with Crippen LogP contribution in [0.3, 0.4) is 0 Å². The van der Waals surface area contributed by atoms with Crippen LogP contribution in [0.15, 0.2) is 53.4 Å². The van der Waals surface area contributed by atoms with E-state index in [4.69, 9.17) is 10.5 Å². The summed E-state index contributed by atoms with van der Waals surface area (Å²) in [5.41, 5.74) is 6.01. The topological polar surface area (TPSA) is 86.5 Å². The van der Waals surface area contributed by atoms with E-state index < -0.39 is 38.2 Å². The number of nitrogens with two attached hydrogens (primary N) is 1. The van der Waals surface area contributed by atoms with Crippen LogP contribution in [0, 0.1) is 18.2 Å². The summed E-state index contributed by atoms with van der Waals surface area (Å²) < 4.78 is 45.1. The molecule has 0 spiro atoms. The van der Waals surface area contributed by atoms with Gasteiger partial charge in [-0.3, -0.25) is 4.79 Å². The van der Waals surface area contributed by atoms with Crippen LogP contribution in [-0.4, -0.2) is 32.8 Å². The number of hydrogen-bond acceptors (Lipinski definition) is 5. The van der Waals surface area contributed by atoms with E-state index in [0.717, 1.165) is 5.56 Å². The van der Waals surface area contributed by atoms with Crippen molar-refractivity contribution in [3.8, 4) is 0 Å². The van der Waals surface area contributed by atoms with Gasteiger partial charge in [0.2, 0.25) is 0 Å². The van der Waals surface area contributed by atoms with Gasteiger partial charge in [-0.25, -0.2) is 12.8 Å². The van der Waals surface area contributed by atoms with Gasteiger partial charge >= 0.3 is 5.97 Å². The maximum Gasteiger partial charge on any atom is 0.315 e. The Labute approximate surface area is 158 Å². The molecule has 0 aliphatic heterocycles. The second kappa shape index (κ2) is 7.05. The fourth-order valence-corrected chi connectivity index (χ4v) is 6.09. The van der Waals surface area contributed by atoms with Gasteiger partial charge in [0.05, 0.1) is 16.8 Å². The number of carbonyl (C=O) groups excluding carboxylic acids is 1. The molecule has 27 heavy (non-hydrogen) atoms. The molecule has 0 radical (unpaired) electrons. The van der Waals surface area contributed by atoms with Gasteiger partial charge in [-0.15, -0.1) is 0 Å². The predicted molar refractivity (Wildman–Crippen MR) is 99.4 cm³/mol. The van der Waals surface area contributed by atoms with Gasteiger partial charge in [0, 0.05) is 12.5 Å². The molecule has 1 fully saturated rings. The van der Waals surface area contributed by atoms with Gasteiger partial charge in [-0.1, -0.05) is 29.8 Å². The number of carbonyl (C=O) groups is 1.